The number of methoxy groups -OCH3 is 1. The normalized spacial score (nSPS) is 20.8. The molecule has 11 nitrogen and oxygen atoms in total. The zero-order valence-corrected chi connectivity index (χ0v) is 22.5. The smallest absolute Gasteiger partial charge is 0.406 e. The third-order valence-corrected chi connectivity index (χ3v) is 7.25. The molecule has 14 heteroatoms. The van der Waals surface area contributed by atoms with Crippen LogP contribution in [0.5, 0.6) is 11.5 Å². The first kappa shape index (κ1) is 29.8. The van der Waals surface area contributed by atoms with E-state index in [-0.39, 0.29) is 50.6 Å². The summed E-state index contributed by atoms with van der Waals surface area (Å²) in [5.74, 6) is -3.20. The number of nitrogens with one attached hydrogen (secondary N) is 1. The highest BCUT2D eigenvalue weighted by Crippen LogP contribution is 2.51. The van der Waals surface area contributed by atoms with Gasteiger partial charge in [-0.25, -0.2) is 4.79 Å². The SMILES string of the molecule is COc1cc(C=O)cc2c1OC1C2C(C(=O)NCCO)=CC(N(CC(F)(F)F)C(=O)c2cc3ccccc3oc2=O)C1O. The average Bonchev–Trinajstić information content (AvgIpc) is 3.37. The van der Waals surface area contributed by atoms with Gasteiger partial charge in [-0.3, -0.25) is 14.4 Å². The zero-order chi connectivity index (χ0) is 31.1. The zero-order valence-electron chi connectivity index (χ0n) is 22.5. The second-order valence-electron chi connectivity index (χ2n) is 9.94. The summed E-state index contributed by atoms with van der Waals surface area (Å²) in [6, 6.07) is 8.11. The summed E-state index contributed by atoms with van der Waals surface area (Å²) >= 11 is 0. The summed E-state index contributed by atoms with van der Waals surface area (Å²) in [5, 5.41) is 23.4. The van der Waals surface area contributed by atoms with Crippen LogP contribution in [0.2, 0.25) is 0 Å². The highest BCUT2D eigenvalue weighted by atomic mass is 19.4. The Bertz CT molecular complexity index is 1680. The second kappa shape index (κ2) is 11.5. The van der Waals surface area contributed by atoms with Crippen molar-refractivity contribution in [3.63, 3.8) is 0 Å². The number of carbonyl (C=O) groups is 3. The molecule has 4 atom stereocenters. The maximum absolute atomic E-state index is 13.9. The van der Waals surface area contributed by atoms with Gasteiger partial charge in [0.25, 0.3) is 5.91 Å². The third-order valence-electron chi connectivity index (χ3n) is 7.25. The van der Waals surface area contributed by atoms with Crippen molar-refractivity contribution in [3.05, 3.63) is 81.2 Å². The Morgan fingerprint density at radius 3 is 2.60 bits per heavy atom. The first-order valence-electron chi connectivity index (χ1n) is 13.0. The summed E-state index contributed by atoms with van der Waals surface area (Å²) < 4.78 is 58.2. The van der Waals surface area contributed by atoms with E-state index in [0.29, 0.717) is 6.29 Å². The van der Waals surface area contributed by atoms with Crippen molar-refractivity contribution in [1.29, 1.82) is 0 Å². The van der Waals surface area contributed by atoms with Crippen LogP contribution in [0.4, 0.5) is 13.2 Å². The lowest BCUT2D eigenvalue weighted by Gasteiger charge is -2.40. The molecule has 0 saturated carbocycles. The van der Waals surface area contributed by atoms with Gasteiger partial charge < -0.3 is 34.3 Å². The highest BCUT2D eigenvalue weighted by molar-refractivity contribution is 5.99. The number of aldehydes is 1. The molecule has 3 N–H and O–H groups in total. The number of carbonyl (C=O) groups excluding carboxylic acids is 3. The van der Waals surface area contributed by atoms with E-state index in [1.165, 1.54) is 31.4 Å². The average molecular weight is 603 g/mol. The van der Waals surface area contributed by atoms with Crippen molar-refractivity contribution < 1.29 is 51.7 Å². The molecule has 43 heavy (non-hydrogen) atoms. The molecule has 1 aliphatic carbocycles. The predicted molar refractivity (Wildman–Crippen MR) is 143 cm³/mol. The summed E-state index contributed by atoms with van der Waals surface area (Å²) in [7, 11) is 1.29. The molecule has 0 bridgehead atoms. The van der Waals surface area contributed by atoms with Gasteiger partial charge in [0.1, 0.15) is 36.2 Å². The molecule has 226 valence electrons. The van der Waals surface area contributed by atoms with Gasteiger partial charge in [-0.15, -0.1) is 0 Å². The maximum Gasteiger partial charge on any atom is 0.406 e. The number of para-hydroxylation sites is 1. The van der Waals surface area contributed by atoms with Crippen LogP contribution in [0.3, 0.4) is 0 Å². The first-order chi connectivity index (χ1) is 20.5. The number of fused-ring (bicyclic) bond motifs is 4. The molecule has 1 aromatic heterocycles. The van der Waals surface area contributed by atoms with Crippen LogP contribution in [-0.4, -0.2) is 84.4 Å². The Hall–Kier alpha value is -4.69. The minimum atomic E-state index is -4.99. The van der Waals surface area contributed by atoms with E-state index in [9.17, 15) is 42.6 Å². The number of nitrogens with zero attached hydrogens (tertiary/aromatic N) is 1. The molecule has 2 heterocycles. The third kappa shape index (κ3) is 5.58. The van der Waals surface area contributed by atoms with E-state index < -0.39 is 66.5 Å². The fourth-order valence-corrected chi connectivity index (χ4v) is 5.43. The van der Waals surface area contributed by atoms with Crippen LogP contribution in [-0.2, 0) is 4.79 Å². The molecular formula is C29H25F3N2O9. The number of rotatable bonds is 8. The molecule has 1 aliphatic heterocycles. The van der Waals surface area contributed by atoms with E-state index in [1.54, 1.807) is 12.1 Å². The Morgan fingerprint density at radius 2 is 1.93 bits per heavy atom. The first-order valence-corrected chi connectivity index (χ1v) is 13.0. The Morgan fingerprint density at radius 1 is 1.19 bits per heavy atom. The van der Waals surface area contributed by atoms with Crippen LogP contribution in [0.1, 0.15) is 32.2 Å². The van der Waals surface area contributed by atoms with Gasteiger partial charge in [0.05, 0.1) is 25.7 Å². The largest absolute Gasteiger partial charge is 0.493 e. The standard InChI is InChI=1S/C29H25F3N2O9/c1-41-21-9-14(12-36)8-16-22-17(26(38)33-6-7-35)11-19(23(37)25(22)43-24(16)21)34(13-29(30,31)32)27(39)18-10-15-4-2-3-5-20(15)42-28(18)40/h2-5,8-12,19,22-23,25,35,37H,6-7,13H2,1H3,(H,33,38). The van der Waals surface area contributed by atoms with E-state index >= 15 is 0 Å². The van der Waals surface area contributed by atoms with Crippen molar-refractivity contribution in [2.45, 2.75) is 30.3 Å². The van der Waals surface area contributed by atoms with Crippen molar-refractivity contribution >= 4 is 29.1 Å². The van der Waals surface area contributed by atoms with E-state index in [4.69, 9.17) is 13.9 Å². The van der Waals surface area contributed by atoms with Crippen LogP contribution in [0.25, 0.3) is 11.0 Å². The van der Waals surface area contributed by atoms with Crippen molar-refractivity contribution in [3.8, 4) is 11.5 Å². The molecule has 2 amide bonds. The molecule has 5 rings (SSSR count). The number of aliphatic hydroxyl groups excluding tert-OH is 2. The molecule has 2 aromatic carbocycles. The minimum Gasteiger partial charge on any atom is -0.493 e. The summed E-state index contributed by atoms with van der Waals surface area (Å²) in [5.41, 5.74) is -1.61. The Labute approximate surface area is 241 Å². The number of aliphatic hydroxyl groups is 2. The number of amides is 2. The van der Waals surface area contributed by atoms with Crippen LogP contribution >= 0.6 is 0 Å². The number of ether oxygens (including phenoxy) is 2. The predicted octanol–water partition coefficient (Wildman–Crippen LogP) is 1.94. The number of halogens is 3. The molecule has 0 radical (unpaired) electrons. The Balaban J connectivity index is 1.65. The molecule has 0 fully saturated rings. The number of hydrogen-bond acceptors (Lipinski definition) is 9. The van der Waals surface area contributed by atoms with Crippen LogP contribution < -0.4 is 20.4 Å². The number of benzene rings is 2. The van der Waals surface area contributed by atoms with Gasteiger partial charge in [0.2, 0.25) is 5.91 Å². The molecule has 4 unspecified atom stereocenters. The fourth-order valence-electron chi connectivity index (χ4n) is 5.43. The van der Waals surface area contributed by atoms with Crippen molar-refractivity contribution in [1.82, 2.24) is 10.2 Å². The number of alkyl halides is 3. The summed E-state index contributed by atoms with van der Waals surface area (Å²) in [6.07, 6.45) is -6.73. The van der Waals surface area contributed by atoms with Gasteiger partial charge in [0, 0.05) is 28.6 Å². The van der Waals surface area contributed by atoms with Crippen molar-refractivity contribution in [2.24, 2.45) is 0 Å². The quantitative estimate of drug-likeness (QED) is 0.259. The second-order valence-corrected chi connectivity index (χ2v) is 9.94. The molecule has 0 spiro atoms. The monoisotopic (exact) mass is 602 g/mol. The highest BCUT2D eigenvalue weighted by Gasteiger charge is 2.53. The summed E-state index contributed by atoms with van der Waals surface area (Å²) in [6.45, 7) is -2.56. The lowest BCUT2D eigenvalue weighted by Crippen LogP contribution is -2.57. The van der Waals surface area contributed by atoms with E-state index in [0.717, 1.165) is 12.1 Å². The Kier molecular flexibility index (Phi) is 7.99. The number of hydrogen-bond donors (Lipinski definition) is 3. The van der Waals surface area contributed by atoms with Gasteiger partial charge >= 0.3 is 11.8 Å². The van der Waals surface area contributed by atoms with E-state index in [1.807, 2.05) is 0 Å². The van der Waals surface area contributed by atoms with Gasteiger partial charge in [-0.1, -0.05) is 18.2 Å². The topological polar surface area (TPSA) is 156 Å². The van der Waals surface area contributed by atoms with E-state index in [2.05, 4.69) is 5.32 Å². The molecular weight excluding hydrogens is 577 g/mol. The van der Waals surface area contributed by atoms with Crippen molar-refractivity contribution in [2.75, 3.05) is 26.8 Å². The lowest BCUT2D eigenvalue weighted by molar-refractivity contribution is -0.149. The van der Waals surface area contributed by atoms with Gasteiger partial charge in [0.15, 0.2) is 11.5 Å². The minimum absolute atomic E-state index is 0.0486. The van der Waals surface area contributed by atoms with Gasteiger partial charge in [-0.05, 0) is 30.3 Å². The lowest BCUT2D eigenvalue weighted by atomic mass is 9.77. The van der Waals surface area contributed by atoms with Gasteiger partial charge in [-0.2, -0.15) is 13.2 Å². The maximum atomic E-state index is 13.9. The van der Waals surface area contributed by atoms with Crippen LogP contribution in [0.15, 0.2) is 63.3 Å². The fraction of sp³-hybridized carbons (Fsp3) is 0.310. The molecule has 3 aromatic rings. The molecule has 2 aliphatic rings. The molecule has 0 saturated heterocycles. The van der Waals surface area contributed by atoms with Crippen LogP contribution in [0, 0.1) is 0 Å². The summed E-state index contributed by atoms with van der Waals surface area (Å²) in [4.78, 5) is 51.5.